The number of nitrogen functional groups attached to an aromatic ring is 1. The molecule has 0 spiro atoms. The lowest BCUT2D eigenvalue weighted by atomic mass is 10.1. The summed E-state index contributed by atoms with van der Waals surface area (Å²) in [7, 11) is 1.98. The minimum absolute atomic E-state index is 0.0738. The van der Waals surface area contributed by atoms with Gasteiger partial charge in [-0.25, -0.2) is 23.5 Å². The number of aliphatic hydroxyl groups is 1. The number of carbonyl (C=O) groups is 1. The molecule has 0 aliphatic heterocycles. The topological polar surface area (TPSA) is 113 Å². The fourth-order valence-electron chi connectivity index (χ4n) is 2.88. The van der Waals surface area contributed by atoms with Crippen LogP contribution in [-0.4, -0.2) is 27.3 Å². The molecule has 1 heterocycles. The Balaban J connectivity index is 1.67. The van der Waals surface area contributed by atoms with Gasteiger partial charge in [-0.3, -0.25) is 0 Å². The molecule has 32 heavy (non-hydrogen) atoms. The third-order valence-corrected chi connectivity index (χ3v) is 5.42. The molecule has 0 radical (unpaired) electrons. The van der Waals surface area contributed by atoms with Gasteiger partial charge in [-0.15, -0.1) is 9.24 Å². The number of nitrogens with zero attached hydrogens (tertiary/aromatic N) is 2. The number of aliphatic hydroxyl groups excluding tert-OH is 1. The molecule has 0 saturated heterocycles. The molecule has 1 aromatic heterocycles. The molecule has 168 valence electrons. The van der Waals surface area contributed by atoms with Gasteiger partial charge in [0, 0.05) is 34.5 Å². The zero-order valence-corrected chi connectivity index (χ0v) is 18.7. The molecule has 3 rings (SSSR count). The number of alkyl halides is 2. The first-order valence-corrected chi connectivity index (χ1v) is 10.7. The van der Waals surface area contributed by atoms with Gasteiger partial charge in [-0.2, -0.15) is 0 Å². The van der Waals surface area contributed by atoms with Crippen LogP contribution in [0.3, 0.4) is 0 Å². The SMILES string of the molecule is Nc1ncc(-c2cccc(CNC(=O)Nc3ccc(Cl)c(C(F)(F)CP)c3)c2)nc1CO. The highest BCUT2D eigenvalue weighted by molar-refractivity contribution is 7.16. The molecule has 5 N–H and O–H groups in total. The number of hydrogen-bond donors (Lipinski definition) is 4. The van der Waals surface area contributed by atoms with Crippen LogP contribution in [0.1, 0.15) is 16.8 Å². The summed E-state index contributed by atoms with van der Waals surface area (Å²) in [4.78, 5) is 20.6. The van der Waals surface area contributed by atoms with Crippen molar-refractivity contribution in [3.8, 4) is 11.3 Å². The molecule has 7 nitrogen and oxygen atoms in total. The molecule has 1 atom stereocenters. The second-order valence-corrected chi connectivity index (χ2v) is 7.67. The summed E-state index contributed by atoms with van der Waals surface area (Å²) in [6.45, 7) is -0.152. The van der Waals surface area contributed by atoms with E-state index >= 15 is 0 Å². The number of aromatic nitrogens is 2. The Morgan fingerprint density at radius 1 is 1.25 bits per heavy atom. The Morgan fingerprint density at radius 2 is 2.03 bits per heavy atom. The molecule has 2 amide bonds. The number of carbonyl (C=O) groups excluding carboxylic acids is 1. The Bertz CT molecular complexity index is 1130. The maximum absolute atomic E-state index is 14.0. The van der Waals surface area contributed by atoms with Gasteiger partial charge in [0.2, 0.25) is 0 Å². The number of anilines is 2. The predicted octanol–water partition coefficient (Wildman–Crippen LogP) is 4.16. The molecule has 0 saturated carbocycles. The van der Waals surface area contributed by atoms with Crippen molar-refractivity contribution in [3.63, 3.8) is 0 Å². The second kappa shape index (κ2) is 10.2. The Morgan fingerprint density at radius 3 is 2.75 bits per heavy atom. The van der Waals surface area contributed by atoms with Crippen LogP contribution in [0.4, 0.5) is 25.1 Å². The van der Waals surface area contributed by atoms with Gasteiger partial charge >= 0.3 is 6.03 Å². The lowest BCUT2D eigenvalue weighted by Crippen LogP contribution is -2.28. The third-order valence-electron chi connectivity index (χ3n) is 4.58. The maximum atomic E-state index is 14.0. The van der Waals surface area contributed by atoms with Gasteiger partial charge in [-0.05, 0) is 29.8 Å². The molecule has 0 bridgehead atoms. The summed E-state index contributed by atoms with van der Waals surface area (Å²) in [6, 6.07) is 10.6. The third kappa shape index (κ3) is 5.68. The quantitative estimate of drug-likeness (QED) is 0.380. The van der Waals surface area contributed by atoms with E-state index in [1.165, 1.54) is 18.3 Å². The Kier molecular flexibility index (Phi) is 7.56. The van der Waals surface area contributed by atoms with E-state index in [4.69, 9.17) is 17.3 Å². The molecule has 2 aromatic carbocycles. The Labute approximate surface area is 190 Å². The number of urea groups is 1. The smallest absolute Gasteiger partial charge is 0.319 e. The van der Waals surface area contributed by atoms with Gasteiger partial charge in [-0.1, -0.05) is 29.8 Å². The molecular formula is C21H21ClF2N5O2P. The predicted molar refractivity (Wildman–Crippen MR) is 124 cm³/mol. The van der Waals surface area contributed by atoms with Crippen molar-refractivity contribution in [1.29, 1.82) is 0 Å². The summed E-state index contributed by atoms with van der Waals surface area (Å²) in [5.41, 5.74) is 7.81. The van der Waals surface area contributed by atoms with Crippen molar-refractivity contribution in [1.82, 2.24) is 15.3 Å². The minimum atomic E-state index is -3.13. The summed E-state index contributed by atoms with van der Waals surface area (Å²) in [5.74, 6) is -2.97. The second-order valence-electron chi connectivity index (χ2n) is 6.86. The van der Waals surface area contributed by atoms with Crippen LogP contribution in [0, 0.1) is 0 Å². The summed E-state index contributed by atoms with van der Waals surface area (Å²) in [5, 5.41) is 14.4. The van der Waals surface area contributed by atoms with Crippen molar-refractivity contribution in [3.05, 3.63) is 70.5 Å². The highest BCUT2D eigenvalue weighted by atomic mass is 35.5. The minimum Gasteiger partial charge on any atom is -0.390 e. The average Bonchev–Trinajstić information content (AvgIpc) is 2.79. The van der Waals surface area contributed by atoms with E-state index in [-0.39, 0.29) is 40.9 Å². The molecule has 11 heteroatoms. The lowest BCUT2D eigenvalue weighted by Gasteiger charge is -2.17. The number of hydrogen-bond acceptors (Lipinski definition) is 5. The van der Waals surface area contributed by atoms with E-state index in [2.05, 4.69) is 20.6 Å². The monoisotopic (exact) mass is 479 g/mol. The van der Waals surface area contributed by atoms with Crippen LogP contribution in [0.25, 0.3) is 11.3 Å². The van der Waals surface area contributed by atoms with Crippen LogP contribution >= 0.6 is 20.8 Å². The van der Waals surface area contributed by atoms with E-state index in [0.717, 1.165) is 17.2 Å². The van der Waals surface area contributed by atoms with E-state index in [1.807, 2.05) is 21.4 Å². The van der Waals surface area contributed by atoms with Crippen molar-refractivity contribution < 1.29 is 18.7 Å². The molecule has 0 fully saturated rings. The fourth-order valence-corrected chi connectivity index (χ4v) is 3.36. The highest BCUT2D eigenvalue weighted by Crippen LogP contribution is 2.36. The lowest BCUT2D eigenvalue weighted by molar-refractivity contribution is 0.0231. The van der Waals surface area contributed by atoms with E-state index in [1.54, 1.807) is 12.1 Å². The van der Waals surface area contributed by atoms with E-state index in [0.29, 0.717) is 5.69 Å². The first kappa shape index (κ1) is 23.8. The van der Waals surface area contributed by atoms with Crippen LogP contribution in [0.5, 0.6) is 0 Å². The van der Waals surface area contributed by atoms with Gasteiger partial charge in [0.25, 0.3) is 5.92 Å². The fraction of sp³-hybridized carbons (Fsp3) is 0.190. The van der Waals surface area contributed by atoms with Crippen molar-refractivity contribution >= 4 is 38.4 Å². The molecule has 1 unspecified atom stereocenters. The van der Waals surface area contributed by atoms with Crippen LogP contribution in [0.2, 0.25) is 5.02 Å². The largest absolute Gasteiger partial charge is 0.390 e. The average molecular weight is 480 g/mol. The summed E-state index contributed by atoms with van der Waals surface area (Å²) >= 11 is 5.88. The molecule has 0 aliphatic rings. The van der Waals surface area contributed by atoms with Gasteiger partial charge in [0.05, 0.1) is 18.5 Å². The van der Waals surface area contributed by atoms with Gasteiger partial charge in [0.15, 0.2) is 0 Å². The highest BCUT2D eigenvalue weighted by Gasteiger charge is 2.32. The number of benzene rings is 2. The summed E-state index contributed by atoms with van der Waals surface area (Å²) < 4.78 is 28.0. The van der Waals surface area contributed by atoms with Crippen LogP contribution in [-0.2, 0) is 19.1 Å². The molecule has 3 aromatic rings. The number of nitrogens with two attached hydrogens (primary N) is 1. The molecular weight excluding hydrogens is 459 g/mol. The standard InChI is InChI=1S/C21H21ClF2N5O2P/c22-16-5-4-14(7-15(16)21(23,24)11-32)28-20(31)27-8-12-2-1-3-13(6-12)17-9-26-19(25)18(10-30)29-17/h1-7,9,30H,8,10-11,32H2,(H2,25,26)(H2,27,28,31). The van der Waals surface area contributed by atoms with Crippen molar-refractivity contribution in [2.24, 2.45) is 0 Å². The summed E-state index contributed by atoms with van der Waals surface area (Å²) in [6.07, 6.45) is 1.01. The van der Waals surface area contributed by atoms with Crippen molar-refractivity contribution in [2.45, 2.75) is 19.1 Å². The maximum Gasteiger partial charge on any atom is 0.319 e. The van der Waals surface area contributed by atoms with E-state index in [9.17, 15) is 18.7 Å². The molecule has 0 aliphatic carbocycles. The first-order valence-electron chi connectivity index (χ1n) is 9.48. The zero-order chi connectivity index (χ0) is 23.3. The number of halogens is 3. The van der Waals surface area contributed by atoms with Crippen LogP contribution < -0.4 is 16.4 Å². The van der Waals surface area contributed by atoms with Crippen molar-refractivity contribution in [2.75, 3.05) is 17.2 Å². The number of nitrogens with one attached hydrogen (secondary N) is 2. The number of rotatable bonds is 7. The first-order chi connectivity index (χ1) is 15.2. The Hall–Kier alpha value is -2.87. The van der Waals surface area contributed by atoms with E-state index < -0.39 is 18.1 Å². The normalized spacial score (nSPS) is 11.3. The zero-order valence-electron chi connectivity index (χ0n) is 16.8. The van der Waals surface area contributed by atoms with Gasteiger partial charge in [0.1, 0.15) is 11.5 Å². The van der Waals surface area contributed by atoms with Crippen LogP contribution in [0.15, 0.2) is 48.7 Å². The number of amides is 2. The van der Waals surface area contributed by atoms with Gasteiger partial charge < -0.3 is 21.5 Å².